The summed E-state index contributed by atoms with van der Waals surface area (Å²) in [5.41, 5.74) is 7.27. The summed E-state index contributed by atoms with van der Waals surface area (Å²) in [6, 6.07) is 3.80. The first-order valence-electron chi connectivity index (χ1n) is 7.08. The molecular weight excluding hydrogens is 270 g/mol. The Morgan fingerprint density at radius 3 is 3.10 bits per heavy atom. The minimum atomic E-state index is -0.0652. The van der Waals surface area contributed by atoms with Crippen LogP contribution in [0, 0.1) is 11.8 Å². The highest BCUT2D eigenvalue weighted by atomic mass is 32.1. The zero-order chi connectivity index (χ0) is 14.1. The van der Waals surface area contributed by atoms with Crippen LogP contribution in [0.15, 0.2) is 18.3 Å². The van der Waals surface area contributed by atoms with E-state index in [1.54, 1.807) is 6.20 Å². The lowest BCUT2D eigenvalue weighted by Crippen LogP contribution is -2.30. The van der Waals surface area contributed by atoms with Crippen molar-refractivity contribution in [3.63, 3.8) is 0 Å². The van der Waals surface area contributed by atoms with E-state index in [2.05, 4.69) is 17.2 Å². The number of fused-ring (bicyclic) bond motifs is 1. The van der Waals surface area contributed by atoms with Crippen LogP contribution in [0.3, 0.4) is 0 Å². The van der Waals surface area contributed by atoms with E-state index in [1.807, 2.05) is 12.1 Å². The second-order valence-electron chi connectivity index (χ2n) is 5.57. The van der Waals surface area contributed by atoms with Gasteiger partial charge in [0.25, 0.3) is 5.91 Å². The number of aromatic nitrogens is 1. The Bertz CT molecular complexity index is 637. The third-order valence-electron chi connectivity index (χ3n) is 4.25. The van der Waals surface area contributed by atoms with E-state index in [9.17, 15) is 4.79 Å². The number of anilines is 1. The number of thiophene rings is 1. The van der Waals surface area contributed by atoms with Crippen molar-refractivity contribution in [2.75, 3.05) is 12.3 Å². The monoisotopic (exact) mass is 289 g/mol. The number of carbonyl (C=O) groups is 1. The molecule has 106 valence electrons. The van der Waals surface area contributed by atoms with Gasteiger partial charge in [0.05, 0.1) is 10.4 Å². The molecule has 0 saturated heterocycles. The fraction of sp³-hybridized carbons (Fsp3) is 0.467. The van der Waals surface area contributed by atoms with E-state index in [4.69, 9.17) is 5.73 Å². The molecule has 0 radical (unpaired) electrons. The van der Waals surface area contributed by atoms with Gasteiger partial charge in [0.2, 0.25) is 0 Å². The van der Waals surface area contributed by atoms with Crippen LogP contribution >= 0.6 is 11.3 Å². The van der Waals surface area contributed by atoms with Crippen molar-refractivity contribution in [1.82, 2.24) is 10.3 Å². The van der Waals surface area contributed by atoms with Crippen molar-refractivity contribution in [1.29, 1.82) is 0 Å². The summed E-state index contributed by atoms with van der Waals surface area (Å²) in [5.74, 6) is 1.24. The van der Waals surface area contributed by atoms with Crippen molar-refractivity contribution in [3.8, 4) is 0 Å². The Morgan fingerprint density at radius 2 is 2.40 bits per heavy atom. The molecule has 1 aliphatic carbocycles. The van der Waals surface area contributed by atoms with Gasteiger partial charge in [-0.3, -0.25) is 9.78 Å². The van der Waals surface area contributed by atoms with Gasteiger partial charge in [0.1, 0.15) is 10.4 Å². The molecule has 20 heavy (non-hydrogen) atoms. The number of carbonyl (C=O) groups excluding carboxylic acids is 1. The van der Waals surface area contributed by atoms with E-state index in [-0.39, 0.29) is 5.91 Å². The van der Waals surface area contributed by atoms with Crippen LogP contribution in [0.1, 0.15) is 35.9 Å². The third kappa shape index (κ3) is 2.38. The molecule has 5 heteroatoms. The van der Waals surface area contributed by atoms with Gasteiger partial charge < -0.3 is 11.1 Å². The maximum atomic E-state index is 12.3. The quantitative estimate of drug-likeness (QED) is 0.912. The molecule has 1 amide bonds. The maximum absolute atomic E-state index is 12.3. The first-order valence-corrected chi connectivity index (χ1v) is 7.89. The van der Waals surface area contributed by atoms with Crippen LogP contribution < -0.4 is 11.1 Å². The van der Waals surface area contributed by atoms with Crippen molar-refractivity contribution in [2.24, 2.45) is 11.8 Å². The van der Waals surface area contributed by atoms with E-state index >= 15 is 0 Å². The largest absolute Gasteiger partial charge is 0.396 e. The molecule has 1 fully saturated rings. The summed E-state index contributed by atoms with van der Waals surface area (Å²) in [6.07, 6.45) is 5.46. The Balaban J connectivity index is 1.74. The highest BCUT2D eigenvalue weighted by Crippen LogP contribution is 2.33. The fourth-order valence-electron chi connectivity index (χ4n) is 2.95. The van der Waals surface area contributed by atoms with Gasteiger partial charge in [-0.05, 0) is 30.4 Å². The number of nitrogen functional groups attached to an aromatic ring is 1. The minimum Gasteiger partial charge on any atom is -0.396 e. The number of amides is 1. The lowest BCUT2D eigenvalue weighted by Gasteiger charge is -2.15. The summed E-state index contributed by atoms with van der Waals surface area (Å²) in [5, 5.41) is 3.04. The second kappa shape index (κ2) is 5.40. The van der Waals surface area contributed by atoms with Crippen molar-refractivity contribution in [3.05, 3.63) is 23.2 Å². The van der Waals surface area contributed by atoms with Gasteiger partial charge in [0, 0.05) is 12.7 Å². The Hall–Kier alpha value is -1.62. The predicted molar refractivity (Wildman–Crippen MR) is 82.9 cm³/mol. The smallest absolute Gasteiger partial charge is 0.263 e. The molecule has 2 unspecified atom stereocenters. The first-order chi connectivity index (χ1) is 9.66. The molecular formula is C15H19N3OS. The average Bonchev–Trinajstić information content (AvgIpc) is 3.01. The molecule has 1 saturated carbocycles. The molecule has 0 spiro atoms. The topological polar surface area (TPSA) is 68.0 Å². The van der Waals surface area contributed by atoms with Gasteiger partial charge >= 0.3 is 0 Å². The molecule has 4 nitrogen and oxygen atoms in total. The van der Waals surface area contributed by atoms with Gasteiger partial charge in [-0.15, -0.1) is 11.3 Å². The highest BCUT2D eigenvalue weighted by molar-refractivity contribution is 7.21. The predicted octanol–water partition coefficient (Wildman–Crippen LogP) is 3.04. The van der Waals surface area contributed by atoms with Gasteiger partial charge in [-0.25, -0.2) is 0 Å². The van der Waals surface area contributed by atoms with Crippen molar-refractivity contribution < 1.29 is 4.79 Å². The molecule has 0 aromatic carbocycles. The average molecular weight is 289 g/mol. The van der Waals surface area contributed by atoms with Crippen LogP contribution in [0.25, 0.3) is 10.2 Å². The summed E-state index contributed by atoms with van der Waals surface area (Å²) in [7, 11) is 0. The Labute approximate surface area is 122 Å². The number of pyridine rings is 1. The fourth-order valence-corrected chi connectivity index (χ4v) is 3.94. The lowest BCUT2D eigenvalue weighted by molar-refractivity contribution is 0.0949. The molecule has 2 aromatic heterocycles. The summed E-state index contributed by atoms with van der Waals surface area (Å²) >= 11 is 1.42. The molecule has 0 bridgehead atoms. The zero-order valence-electron chi connectivity index (χ0n) is 11.6. The lowest BCUT2D eigenvalue weighted by atomic mass is 9.98. The molecule has 2 aromatic rings. The van der Waals surface area contributed by atoms with Gasteiger partial charge in [-0.2, -0.15) is 0 Å². The zero-order valence-corrected chi connectivity index (χ0v) is 12.4. The van der Waals surface area contributed by atoms with Crippen molar-refractivity contribution in [2.45, 2.75) is 26.2 Å². The molecule has 3 rings (SSSR count). The molecule has 0 aliphatic heterocycles. The van der Waals surface area contributed by atoms with Crippen LogP contribution in [0.4, 0.5) is 5.69 Å². The number of nitrogens with zero attached hydrogens (tertiary/aromatic N) is 1. The molecule has 2 atom stereocenters. The Kier molecular flexibility index (Phi) is 3.61. The van der Waals surface area contributed by atoms with Gasteiger partial charge in [0.15, 0.2) is 0 Å². The molecule has 3 N–H and O–H groups in total. The van der Waals surface area contributed by atoms with Crippen LogP contribution in [0.5, 0.6) is 0 Å². The van der Waals surface area contributed by atoms with E-state index in [0.29, 0.717) is 22.4 Å². The van der Waals surface area contributed by atoms with E-state index in [1.165, 1.54) is 30.6 Å². The number of hydrogen-bond acceptors (Lipinski definition) is 4. The minimum absolute atomic E-state index is 0.0652. The SMILES string of the molecule is CC1CCCC1CNC(=O)c1sc2cccnc2c1N. The van der Waals surface area contributed by atoms with Gasteiger partial charge in [-0.1, -0.05) is 19.8 Å². The standard InChI is InChI=1S/C15H19N3OS/c1-9-4-2-5-10(9)8-18-15(19)14-12(16)13-11(20-14)6-3-7-17-13/h3,6-7,9-10H,2,4-5,8,16H2,1H3,(H,18,19). The number of nitrogens with one attached hydrogen (secondary N) is 1. The molecule has 1 aliphatic rings. The number of nitrogens with two attached hydrogens (primary N) is 1. The normalized spacial score (nSPS) is 22.2. The highest BCUT2D eigenvalue weighted by Gasteiger charge is 2.24. The summed E-state index contributed by atoms with van der Waals surface area (Å²) < 4.78 is 0.962. The Morgan fingerprint density at radius 1 is 1.55 bits per heavy atom. The number of hydrogen-bond donors (Lipinski definition) is 2. The number of rotatable bonds is 3. The summed E-state index contributed by atoms with van der Waals surface area (Å²) in [6.45, 7) is 3.02. The van der Waals surface area contributed by atoms with Crippen LogP contribution in [-0.2, 0) is 0 Å². The van der Waals surface area contributed by atoms with E-state index < -0.39 is 0 Å². The van der Waals surface area contributed by atoms with Crippen molar-refractivity contribution >= 4 is 33.1 Å². The molecule has 2 heterocycles. The summed E-state index contributed by atoms with van der Waals surface area (Å²) in [4.78, 5) is 17.1. The van der Waals surface area contributed by atoms with Crippen LogP contribution in [-0.4, -0.2) is 17.4 Å². The van der Waals surface area contributed by atoms with Crippen LogP contribution in [0.2, 0.25) is 0 Å². The maximum Gasteiger partial charge on any atom is 0.263 e. The third-order valence-corrected chi connectivity index (χ3v) is 5.41. The second-order valence-corrected chi connectivity index (χ2v) is 6.63. The van der Waals surface area contributed by atoms with E-state index in [0.717, 1.165) is 16.8 Å². The first kappa shape index (κ1) is 13.4.